The van der Waals surface area contributed by atoms with E-state index in [2.05, 4.69) is 4.74 Å². The van der Waals surface area contributed by atoms with Gasteiger partial charge < -0.3 is 14.9 Å². The number of carbonyl (C=O) groups excluding carboxylic acids is 2. The summed E-state index contributed by atoms with van der Waals surface area (Å²) in [7, 11) is 0. The Labute approximate surface area is 139 Å². The van der Waals surface area contributed by atoms with Crippen LogP contribution in [0.1, 0.15) is 23.6 Å². The molecule has 0 heterocycles. The van der Waals surface area contributed by atoms with Gasteiger partial charge in [-0.05, 0) is 36.6 Å². The van der Waals surface area contributed by atoms with E-state index in [0.717, 1.165) is 17.2 Å². The lowest BCUT2D eigenvalue weighted by Crippen LogP contribution is -2.15. The lowest BCUT2D eigenvalue weighted by molar-refractivity contribution is -0.151. The van der Waals surface area contributed by atoms with Crippen molar-refractivity contribution in [1.29, 1.82) is 0 Å². The summed E-state index contributed by atoms with van der Waals surface area (Å²) in [6.45, 7) is 1.64. The van der Waals surface area contributed by atoms with Crippen molar-refractivity contribution < 1.29 is 24.5 Å². The molecule has 124 valence electrons. The second-order valence-corrected chi connectivity index (χ2v) is 5.13. The maximum absolute atomic E-state index is 11.6. The predicted octanol–water partition coefficient (Wildman–Crippen LogP) is 3.01. The van der Waals surface area contributed by atoms with Crippen molar-refractivity contribution in [3.8, 4) is 5.75 Å². The van der Waals surface area contributed by atoms with Crippen LogP contribution >= 0.6 is 0 Å². The van der Waals surface area contributed by atoms with Crippen molar-refractivity contribution in [2.24, 2.45) is 0 Å². The number of aliphatic hydroxyl groups is 1. The molecule has 5 nitrogen and oxygen atoms in total. The Bertz CT molecular complexity index is 763. The van der Waals surface area contributed by atoms with Crippen LogP contribution in [-0.4, -0.2) is 28.6 Å². The van der Waals surface area contributed by atoms with Gasteiger partial charge in [0, 0.05) is 6.08 Å². The van der Waals surface area contributed by atoms with Gasteiger partial charge in [0.2, 0.25) is 0 Å². The molecule has 0 atom stereocenters. The Kier molecular flexibility index (Phi) is 5.73. The van der Waals surface area contributed by atoms with Gasteiger partial charge in [0.15, 0.2) is 0 Å². The van der Waals surface area contributed by atoms with E-state index in [0.29, 0.717) is 6.42 Å². The summed E-state index contributed by atoms with van der Waals surface area (Å²) in [4.78, 5) is 22.9. The highest BCUT2D eigenvalue weighted by Crippen LogP contribution is 2.26. The number of rotatable bonds is 6. The molecule has 0 spiro atoms. The van der Waals surface area contributed by atoms with Gasteiger partial charge in [-0.3, -0.25) is 4.79 Å². The number of esters is 1. The van der Waals surface area contributed by atoms with Gasteiger partial charge in [0.1, 0.15) is 11.5 Å². The molecule has 2 rings (SSSR count). The van der Waals surface area contributed by atoms with Crippen molar-refractivity contribution in [3.63, 3.8) is 0 Å². The molecule has 0 unspecified atom stereocenters. The van der Waals surface area contributed by atoms with Crippen molar-refractivity contribution in [1.82, 2.24) is 0 Å². The van der Waals surface area contributed by atoms with Crippen LogP contribution in [0.3, 0.4) is 0 Å². The fourth-order valence-corrected chi connectivity index (χ4v) is 2.19. The summed E-state index contributed by atoms with van der Waals surface area (Å²) in [5.41, 5.74) is 2.00. The molecular weight excluding hydrogens is 308 g/mol. The molecule has 0 fully saturated rings. The zero-order valence-corrected chi connectivity index (χ0v) is 13.2. The van der Waals surface area contributed by atoms with E-state index in [9.17, 15) is 19.8 Å². The molecule has 0 amide bonds. The summed E-state index contributed by atoms with van der Waals surface area (Å²) in [6.07, 6.45) is 1.35. The maximum Gasteiger partial charge on any atom is 0.379 e. The molecule has 5 heteroatoms. The first-order chi connectivity index (χ1) is 11.5. The van der Waals surface area contributed by atoms with Gasteiger partial charge in [-0.15, -0.1) is 0 Å². The van der Waals surface area contributed by atoms with Gasteiger partial charge in [0.25, 0.3) is 5.78 Å². The Hall–Kier alpha value is -3.08. The van der Waals surface area contributed by atoms with Crippen LogP contribution in [0.5, 0.6) is 5.75 Å². The van der Waals surface area contributed by atoms with Gasteiger partial charge in [-0.2, -0.15) is 0 Å². The lowest BCUT2D eigenvalue weighted by atomic mass is 10.0. The minimum absolute atomic E-state index is 0.0665. The molecule has 0 aliphatic heterocycles. The summed E-state index contributed by atoms with van der Waals surface area (Å²) in [6, 6.07) is 14.4. The first-order valence-corrected chi connectivity index (χ1v) is 7.49. The second-order valence-electron chi connectivity index (χ2n) is 5.13. The molecule has 2 aromatic rings. The smallest absolute Gasteiger partial charge is 0.379 e. The number of ketones is 1. The van der Waals surface area contributed by atoms with Gasteiger partial charge in [0.05, 0.1) is 12.2 Å². The first kappa shape index (κ1) is 17.3. The number of hydrogen-bond donors (Lipinski definition) is 2. The largest absolute Gasteiger partial charge is 0.507 e. The normalized spacial score (nSPS) is 11.1. The number of aromatic hydroxyl groups is 1. The molecule has 24 heavy (non-hydrogen) atoms. The average Bonchev–Trinajstić information content (AvgIpc) is 2.57. The number of benzene rings is 2. The highest BCUT2D eigenvalue weighted by atomic mass is 16.5. The molecule has 2 aromatic carbocycles. The van der Waals surface area contributed by atoms with Gasteiger partial charge >= 0.3 is 5.97 Å². The third kappa shape index (κ3) is 4.46. The van der Waals surface area contributed by atoms with Crippen molar-refractivity contribution in [3.05, 3.63) is 71.3 Å². The number of ether oxygens (including phenoxy) is 1. The average molecular weight is 326 g/mol. The van der Waals surface area contributed by atoms with E-state index in [-0.39, 0.29) is 17.9 Å². The SMILES string of the molecule is CCOC(=O)C(=O)/C=C(\O)c1cc(Cc2ccccc2)ccc1O. The number of phenols is 1. The molecule has 0 saturated heterocycles. The number of carbonyl (C=O) groups is 2. The molecule has 0 aliphatic rings. The summed E-state index contributed by atoms with van der Waals surface area (Å²) in [5.74, 6) is -2.70. The van der Waals surface area contributed by atoms with Gasteiger partial charge in [-0.1, -0.05) is 36.4 Å². The van der Waals surface area contributed by atoms with E-state index in [4.69, 9.17) is 0 Å². The minimum Gasteiger partial charge on any atom is -0.507 e. The van der Waals surface area contributed by atoms with E-state index >= 15 is 0 Å². The number of phenolic OH excluding ortho intramolecular Hbond substituents is 1. The van der Waals surface area contributed by atoms with Crippen LogP contribution < -0.4 is 0 Å². The van der Waals surface area contributed by atoms with E-state index < -0.39 is 17.5 Å². The van der Waals surface area contributed by atoms with Crippen LogP contribution in [0.15, 0.2) is 54.6 Å². The topological polar surface area (TPSA) is 83.8 Å². The van der Waals surface area contributed by atoms with Crippen molar-refractivity contribution >= 4 is 17.5 Å². The molecule has 0 aliphatic carbocycles. The fourth-order valence-electron chi connectivity index (χ4n) is 2.19. The number of hydrogen-bond acceptors (Lipinski definition) is 5. The predicted molar refractivity (Wildman–Crippen MR) is 89.6 cm³/mol. The highest BCUT2D eigenvalue weighted by molar-refractivity contribution is 6.39. The molecule has 2 N–H and O–H groups in total. The molecule has 0 saturated carbocycles. The van der Waals surface area contributed by atoms with Crippen LogP contribution in [0.2, 0.25) is 0 Å². The molecule has 0 aromatic heterocycles. The second kappa shape index (κ2) is 7.97. The Balaban J connectivity index is 2.24. The van der Waals surface area contributed by atoms with Crippen LogP contribution in [-0.2, 0) is 20.7 Å². The standard InChI is InChI=1S/C19H18O5/c1-2-24-19(23)18(22)12-17(21)15-11-14(8-9-16(15)20)10-13-6-4-3-5-7-13/h3-9,11-12,20-21H,2,10H2,1H3/b17-12-. The Morgan fingerprint density at radius 1 is 1.08 bits per heavy atom. The van der Waals surface area contributed by atoms with Crippen molar-refractivity contribution in [2.45, 2.75) is 13.3 Å². The van der Waals surface area contributed by atoms with E-state index in [1.165, 1.54) is 6.07 Å². The monoisotopic (exact) mass is 326 g/mol. The molecule has 0 radical (unpaired) electrons. The van der Waals surface area contributed by atoms with E-state index in [1.807, 2.05) is 30.3 Å². The van der Waals surface area contributed by atoms with Crippen LogP contribution in [0, 0.1) is 0 Å². The summed E-state index contributed by atoms with van der Waals surface area (Å²) in [5, 5.41) is 19.9. The summed E-state index contributed by atoms with van der Waals surface area (Å²) < 4.78 is 4.57. The highest BCUT2D eigenvalue weighted by Gasteiger charge is 2.15. The molecule has 0 bridgehead atoms. The third-order valence-corrected chi connectivity index (χ3v) is 3.33. The van der Waals surface area contributed by atoms with Crippen LogP contribution in [0.4, 0.5) is 0 Å². The summed E-state index contributed by atoms with van der Waals surface area (Å²) >= 11 is 0. The third-order valence-electron chi connectivity index (χ3n) is 3.33. The zero-order chi connectivity index (χ0) is 17.5. The van der Waals surface area contributed by atoms with E-state index in [1.54, 1.807) is 19.1 Å². The molecular formula is C19H18O5. The van der Waals surface area contributed by atoms with Gasteiger partial charge in [-0.25, -0.2) is 4.79 Å². The number of aliphatic hydroxyl groups excluding tert-OH is 1. The lowest BCUT2D eigenvalue weighted by Gasteiger charge is -2.08. The Morgan fingerprint density at radius 3 is 2.46 bits per heavy atom. The first-order valence-electron chi connectivity index (χ1n) is 7.49. The van der Waals surface area contributed by atoms with Crippen molar-refractivity contribution in [2.75, 3.05) is 6.61 Å². The fraction of sp³-hybridized carbons (Fsp3) is 0.158. The minimum atomic E-state index is -1.05. The Morgan fingerprint density at radius 2 is 1.79 bits per heavy atom. The van der Waals surface area contributed by atoms with Crippen LogP contribution in [0.25, 0.3) is 5.76 Å². The zero-order valence-electron chi connectivity index (χ0n) is 13.2. The maximum atomic E-state index is 11.6. The quantitative estimate of drug-likeness (QED) is 0.369.